The number of halogens is 1. The van der Waals surface area contributed by atoms with Crippen LogP contribution >= 0.6 is 11.6 Å². The van der Waals surface area contributed by atoms with Crippen molar-refractivity contribution in [2.45, 2.75) is 78.6 Å². The van der Waals surface area contributed by atoms with Crippen LogP contribution < -0.4 is 11.1 Å². The second kappa shape index (κ2) is 9.91. The molecule has 4 rings (SSSR count). The lowest BCUT2D eigenvalue weighted by molar-refractivity contribution is -0.128. The quantitative estimate of drug-likeness (QED) is 0.372. The van der Waals surface area contributed by atoms with Crippen LogP contribution in [0.2, 0.25) is 0 Å². The molecule has 0 saturated heterocycles. The van der Waals surface area contributed by atoms with E-state index in [2.05, 4.69) is 31.1 Å². The second-order valence-corrected chi connectivity index (χ2v) is 11.5. The lowest BCUT2D eigenvalue weighted by Crippen LogP contribution is -2.48. The molecule has 1 aliphatic heterocycles. The summed E-state index contributed by atoms with van der Waals surface area (Å²) in [4.78, 5) is 17.8. The summed E-state index contributed by atoms with van der Waals surface area (Å²) in [5.74, 6) is 4.77. The van der Waals surface area contributed by atoms with E-state index < -0.39 is 0 Å². The van der Waals surface area contributed by atoms with Gasteiger partial charge in [-0.15, -0.1) is 0 Å². The van der Waals surface area contributed by atoms with Crippen LogP contribution in [-0.4, -0.2) is 25.1 Å². The van der Waals surface area contributed by atoms with Gasteiger partial charge in [0.25, 0.3) is 0 Å². The molecule has 7 unspecified atom stereocenters. The molecule has 0 radical (unpaired) electrons. The summed E-state index contributed by atoms with van der Waals surface area (Å²) in [6.45, 7) is 7.96. The van der Waals surface area contributed by atoms with E-state index in [-0.39, 0.29) is 17.9 Å². The van der Waals surface area contributed by atoms with Crippen LogP contribution in [-0.2, 0) is 4.79 Å². The molecule has 32 heavy (non-hydrogen) atoms. The number of hydrogen-bond acceptors (Lipinski definition) is 4. The Morgan fingerprint density at radius 2 is 2.06 bits per heavy atom. The lowest BCUT2D eigenvalue weighted by Gasteiger charge is -2.54. The fourth-order valence-corrected chi connectivity index (χ4v) is 8.26. The molecule has 7 atom stereocenters. The van der Waals surface area contributed by atoms with Crippen molar-refractivity contribution in [1.29, 1.82) is 0 Å². The van der Waals surface area contributed by atoms with E-state index in [4.69, 9.17) is 17.3 Å². The highest BCUT2D eigenvalue weighted by molar-refractivity contribution is 6.29. The molecule has 0 amide bonds. The van der Waals surface area contributed by atoms with Gasteiger partial charge in [-0.2, -0.15) is 0 Å². The molecule has 3 N–H and O–H groups in total. The number of carbonyl (C=O) groups is 1. The Balaban J connectivity index is 1.43. The molecule has 4 nitrogen and oxygen atoms in total. The van der Waals surface area contributed by atoms with E-state index in [1.165, 1.54) is 51.4 Å². The number of fused-ring (bicyclic) bond motifs is 3. The number of ketones is 1. The van der Waals surface area contributed by atoms with Gasteiger partial charge in [0.2, 0.25) is 0 Å². The van der Waals surface area contributed by atoms with Gasteiger partial charge in [0, 0.05) is 23.4 Å². The summed E-state index contributed by atoms with van der Waals surface area (Å²) in [7, 11) is 0. The number of rotatable bonds is 7. The molecule has 3 fully saturated rings. The van der Waals surface area contributed by atoms with Crippen LogP contribution in [0, 0.1) is 40.9 Å². The fraction of sp³-hybridized carbons (Fsp3) is 0.778. The molecule has 0 spiro atoms. The highest BCUT2D eigenvalue weighted by Crippen LogP contribution is 2.63. The summed E-state index contributed by atoms with van der Waals surface area (Å²) < 4.78 is 0. The Labute approximate surface area is 199 Å². The lowest BCUT2D eigenvalue weighted by atomic mass is 9.50. The fourth-order valence-electron chi connectivity index (χ4n) is 8.08. The zero-order chi connectivity index (χ0) is 22.9. The van der Waals surface area contributed by atoms with E-state index >= 15 is 0 Å². The third-order valence-electron chi connectivity index (χ3n) is 9.63. The molecular weight excluding hydrogens is 418 g/mol. The van der Waals surface area contributed by atoms with Crippen LogP contribution in [0.5, 0.6) is 0 Å². The van der Waals surface area contributed by atoms with Gasteiger partial charge in [-0.1, -0.05) is 51.6 Å². The summed E-state index contributed by atoms with van der Waals surface area (Å²) in [6.07, 6.45) is 15.2. The Morgan fingerprint density at radius 1 is 1.25 bits per heavy atom. The van der Waals surface area contributed by atoms with Crippen molar-refractivity contribution in [2.75, 3.05) is 13.1 Å². The normalized spacial score (nSPS) is 39.4. The molecule has 178 valence electrons. The van der Waals surface area contributed by atoms with E-state index in [0.717, 1.165) is 41.6 Å². The summed E-state index contributed by atoms with van der Waals surface area (Å²) in [5, 5.41) is 3.56. The SMILES string of the molecule is CCCC1C(CC)CCC2C1CCC1(C)C(C(=O)CN=CC3=C(N)CNC(Cl)=C3)CCC21. The van der Waals surface area contributed by atoms with Gasteiger partial charge < -0.3 is 11.1 Å². The molecule has 0 aromatic carbocycles. The van der Waals surface area contributed by atoms with Crippen molar-refractivity contribution in [3.05, 3.63) is 22.5 Å². The maximum absolute atomic E-state index is 13.3. The summed E-state index contributed by atoms with van der Waals surface area (Å²) >= 11 is 6.05. The maximum Gasteiger partial charge on any atom is 0.157 e. The van der Waals surface area contributed by atoms with Crippen molar-refractivity contribution in [2.24, 2.45) is 51.6 Å². The van der Waals surface area contributed by atoms with E-state index in [9.17, 15) is 4.79 Å². The Bertz CT molecular complexity index is 803. The maximum atomic E-state index is 13.3. The predicted molar refractivity (Wildman–Crippen MR) is 133 cm³/mol. The van der Waals surface area contributed by atoms with Gasteiger partial charge in [0.05, 0.1) is 13.1 Å². The van der Waals surface area contributed by atoms with Crippen molar-refractivity contribution in [3.63, 3.8) is 0 Å². The number of nitrogens with two attached hydrogens (primary N) is 1. The van der Waals surface area contributed by atoms with Crippen LogP contribution in [0.15, 0.2) is 27.5 Å². The van der Waals surface area contributed by atoms with E-state index in [1.807, 2.05) is 0 Å². The topological polar surface area (TPSA) is 67.5 Å². The monoisotopic (exact) mass is 459 g/mol. The minimum Gasteiger partial charge on any atom is -0.400 e. The summed E-state index contributed by atoms with van der Waals surface area (Å²) in [5.41, 5.74) is 7.73. The van der Waals surface area contributed by atoms with Gasteiger partial charge in [-0.25, -0.2) is 0 Å². The van der Waals surface area contributed by atoms with Gasteiger partial charge in [0.1, 0.15) is 5.16 Å². The van der Waals surface area contributed by atoms with Crippen molar-refractivity contribution in [1.82, 2.24) is 5.32 Å². The Morgan fingerprint density at radius 3 is 2.81 bits per heavy atom. The number of aliphatic imine (C=N–C) groups is 1. The zero-order valence-electron chi connectivity index (χ0n) is 20.2. The molecule has 0 aromatic rings. The number of hydrogen-bond donors (Lipinski definition) is 2. The molecule has 3 saturated carbocycles. The minimum atomic E-state index is 0.164. The third-order valence-corrected chi connectivity index (χ3v) is 9.87. The third kappa shape index (κ3) is 4.41. The average Bonchev–Trinajstić information content (AvgIpc) is 3.14. The first-order valence-corrected chi connectivity index (χ1v) is 13.4. The van der Waals surface area contributed by atoms with Crippen molar-refractivity contribution in [3.8, 4) is 0 Å². The van der Waals surface area contributed by atoms with Crippen LogP contribution in [0.25, 0.3) is 0 Å². The largest absolute Gasteiger partial charge is 0.400 e. The molecule has 1 heterocycles. The smallest absolute Gasteiger partial charge is 0.157 e. The number of Topliss-reactive ketones (excluding diaryl/α,β-unsaturated/α-hetero) is 1. The first-order chi connectivity index (χ1) is 15.4. The summed E-state index contributed by atoms with van der Waals surface area (Å²) in [6, 6.07) is 0. The molecule has 0 bridgehead atoms. The van der Waals surface area contributed by atoms with Crippen LogP contribution in [0.4, 0.5) is 0 Å². The molecular formula is C27H42ClN3O. The van der Waals surface area contributed by atoms with E-state index in [0.29, 0.717) is 23.2 Å². The first-order valence-electron chi connectivity index (χ1n) is 13.0. The van der Waals surface area contributed by atoms with Gasteiger partial charge in [0.15, 0.2) is 5.78 Å². The molecule has 3 aliphatic carbocycles. The standard InChI is InChI=1S/C27H42ClN3O/c1-4-6-19-17(5-2)7-8-21-20(19)11-12-27(3)22(21)9-10-23(27)25(32)16-30-14-18-13-26(28)31-15-24(18)29/h13-14,17,19-23,31H,4-12,15-16,29H2,1-3H3. The number of nitrogens with zero attached hydrogens (tertiary/aromatic N) is 1. The van der Waals surface area contributed by atoms with Gasteiger partial charge in [-0.3, -0.25) is 9.79 Å². The highest BCUT2D eigenvalue weighted by atomic mass is 35.5. The zero-order valence-corrected chi connectivity index (χ0v) is 21.0. The molecule has 5 heteroatoms. The highest BCUT2D eigenvalue weighted by Gasteiger charge is 2.57. The number of carbonyl (C=O) groups excluding carboxylic acids is 1. The minimum absolute atomic E-state index is 0.164. The van der Waals surface area contributed by atoms with Gasteiger partial charge in [-0.05, 0) is 79.6 Å². The van der Waals surface area contributed by atoms with E-state index in [1.54, 1.807) is 12.3 Å². The van der Waals surface area contributed by atoms with Crippen LogP contribution in [0.3, 0.4) is 0 Å². The van der Waals surface area contributed by atoms with Crippen LogP contribution in [0.1, 0.15) is 78.6 Å². The Hall–Kier alpha value is -1.29. The van der Waals surface area contributed by atoms with Crippen molar-refractivity contribution < 1.29 is 4.79 Å². The molecule has 0 aromatic heterocycles. The van der Waals surface area contributed by atoms with Gasteiger partial charge >= 0.3 is 0 Å². The van der Waals surface area contributed by atoms with Crippen molar-refractivity contribution >= 4 is 23.6 Å². The average molecular weight is 460 g/mol. The number of dihydropyridines is 1. The predicted octanol–water partition coefficient (Wildman–Crippen LogP) is 5.82. The Kier molecular flexibility index (Phi) is 7.39. The number of allylic oxidation sites excluding steroid dienone is 2. The second-order valence-electron chi connectivity index (χ2n) is 11.1. The molecule has 4 aliphatic rings. The first kappa shape index (κ1) is 23.9. The number of nitrogens with one attached hydrogen (secondary N) is 1.